The number of nitrogens with one attached hydrogen (secondary N) is 3. The highest BCUT2D eigenvalue weighted by molar-refractivity contribution is 7.87. The molecule has 0 radical (unpaired) electrons. The third kappa shape index (κ3) is 5.98. The highest BCUT2D eigenvalue weighted by atomic mass is 32.2. The first-order valence-corrected chi connectivity index (χ1v) is 7.25. The molecular formula is C9H18F3N3O2S. The number of alkyl halides is 3. The summed E-state index contributed by atoms with van der Waals surface area (Å²) in [7, 11) is -4.12. The predicted molar refractivity (Wildman–Crippen MR) is 61.2 cm³/mol. The Morgan fingerprint density at radius 2 is 2.06 bits per heavy atom. The molecule has 9 heteroatoms. The minimum Gasteiger partial charge on any atom is -0.312 e. The van der Waals surface area contributed by atoms with E-state index < -0.39 is 29.0 Å². The monoisotopic (exact) mass is 289 g/mol. The lowest BCUT2D eigenvalue weighted by atomic mass is 10.00. The Labute approximate surface area is 105 Å². The molecule has 18 heavy (non-hydrogen) atoms. The summed E-state index contributed by atoms with van der Waals surface area (Å²) in [5, 5.41) is 3.14. The van der Waals surface area contributed by atoms with E-state index in [2.05, 4.69) is 10.0 Å². The minimum absolute atomic E-state index is 0.0405. The molecule has 0 saturated carbocycles. The second kappa shape index (κ2) is 6.18. The fourth-order valence-electron chi connectivity index (χ4n) is 1.85. The first-order chi connectivity index (χ1) is 8.20. The van der Waals surface area contributed by atoms with Crippen molar-refractivity contribution in [2.24, 2.45) is 0 Å². The van der Waals surface area contributed by atoms with Crippen LogP contribution in [0.1, 0.15) is 26.2 Å². The second-order valence-corrected chi connectivity index (χ2v) is 5.93. The number of hydrogen-bond acceptors (Lipinski definition) is 3. The van der Waals surface area contributed by atoms with Crippen LogP contribution in [0.2, 0.25) is 0 Å². The largest absolute Gasteiger partial charge is 0.402 e. The summed E-state index contributed by atoms with van der Waals surface area (Å²) < 4.78 is 62.2. The van der Waals surface area contributed by atoms with Crippen molar-refractivity contribution in [2.45, 2.75) is 44.4 Å². The Kier molecular flexibility index (Phi) is 5.38. The normalized spacial score (nSPS) is 23.9. The van der Waals surface area contributed by atoms with Crippen LogP contribution in [0.5, 0.6) is 0 Å². The summed E-state index contributed by atoms with van der Waals surface area (Å²) in [5.41, 5.74) is 0. The van der Waals surface area contributed by atoms with Gasteiger partial charge in [0.05, 0.1) is 0 Å². The van der Waals surface area contributed by atoms with Crippen molar-refractivity contribution in [1.82, 2.24) is 14.8 Å². The van der Waals surface area contributed by atoms with Gasteiger partial charge in [-0.1, -0.05) is 6.42 Å². The van der Waals surface area contributed by atoms with Crippen molar-refractivity contribution in [2.75, 3.05) is 13.1 Å². The van der Waals surface area contributed by atoms with E-state index in [-0.39, 0.29) is 6.04 Å². The van der Waals surface area contributed by atoms with E-state index >= 15 is 0 Å². The van der Waals surface area contributed by atoms with Gasteiger partial charge in [0, 0.05) is 12.1 Å². The van der Waals surface area contributed by atoms with Gasteiger partial charge in [0.2, 0.25) is 0 Å². The third-order valence-corrected chi connectivity index (χ3v) is 3.96. The van der Waals surface area contributed by atoms with Gasteiger partial charge in [-0.15, -0.1) is 0 Å². The van der Waals surface area contributed by atoms with Crippen LogP contribution in [0, 0.1) is 0 Å². The molecule has 2 atom stereocenters. The summed E-state index contributed by atoms with van der Waals surface area (Å²) in [6.07, 6.45) is -1.73. The van der Waals surface area contributed by atoms with Gasteiger partial charge in [-0.25, -0.2) is 0 Å². The zero-order valence-corrected chi connectivity index (χ0v) is 10.9. The second-order valence-electron chi connectivity index (χ2n) is 4.40. The van der Waals surface area contributed by atoms with Gasteiger partial charge >= 0.3 is 6.18 Å². The molecule has 0 amide bonds. The topological polar surface area (TPSA) is 70.2 Å². The van der Waals surface area contributed by atoms with Gasteiger partial charge in [-0.2, -0.15) is 31.0 Å². The molecule has 5 nitrogen and oxygen atoms in total. The lowest BCUT2D eigenvalue weighted by Gasteiger charge is -2.29. The molecule has 0 aromatic rings. The Bertz CT molecular complexity index is 353. The van der Waals surface area contributed by atoms with Crippen LogP contribution in [0.15, 0.2) is 0 Å². The number of halogens is 3. The van der Waals surface area contributed by atoms with E-state index in [1.54, 1.807) is 6.92 Å². The summed E-state index contributed by atoms with van der Waals surface area (Å²) in [6.45, 7) is 0.871. The SMILES string of the molecule is CC(NS(=O)(=O)NCC(F)(F)F)C1CCCCN1. The quantitative estimate of drug-likeness (QED) is 0.690. The molecule has 0 bridgehead atoms. The molecule has 0 aromatic heterocycles. The van der Waals surface area contributed by atoms with Crippen molar-refractivity contribution in [3.05, 3.63) is 0 Å². The Hall–Kier alpha value is -0.380. The summed E-state index contributed by atoms with van der Waals surface area (Å²) in [6, 6.07) is -0.489. The first kappa shape index (κ1) is 15.7. The van der Waals surface area contributed by atoms with Crippen LogP contribution in [0.3, 0.4) is 0 Å². The smallest absolute Gasteiger partial charge is 0.312 e. The summed E-state index contributed by atoms with van der Waals surface area (Å²) in [5.74, 6) is 0. The van der Waals surface area contributed by atoms with Crippen molar-refractivity contribution < 1.29 is 21.6 Å². The maximum Gasteiger partial charge on any atom is 0.402 e. The lowest BCUT2D eigenvalue weighted by Crippen LogP contribution is -2.53. The molecule has 0 spiro atoms. The van der Waals surface area contributed by atoms with Crippen LogP contribution >= 0.6 is 0 Å². The van der Waals surface area contributed by atoms with Gasteiger partial charge < -0.3 is 5.32 Å². The molecule has 1 heterocycles. The van der Waals surface area contributed by atoms with Crippen molar-refractivity contribution in [3.63, 3.8) is 0 Å². The van der Waals surface area contributed by atoms with Gasteiger partial charge in [-0.05, 0) is 26.3 Å². The van der Waals surface area contributed by atoms with E-state index in [4.69, 9.17) is 0 Å². The molecule has 3 N–H and O–H groups in total. The molecule has 0 aromatic carbocycles. The zero-order valence-electron chi connectivity index (χ0n) is 10.0. The molecule has 108 valence electrons. The lowest BCUT2D eigenvalue weighted by molar-refractivity contribution is -0.121. The van der Waals surface area contributed by atoms with E-state index in [9.17, 15) is 21.6 Å². The zero-order chi connectivity index (χ0) is 13.8. The molecule has 1 saturated heterocycles. The third-order valence-electron chi connectivity index (χ3n) is 2.76. The van der Waals surface area contributed by atoms with E-state index in [1.807, 2.05) is 0 Å². The van der Waals surface area contributed by atoms with Crippen molar-refractivity contribution in [3.8, 4) is 0 Å². The fraction of sp³-hybridized carbons (Fsp3) is 1.00. The predicted octanol–water partition coefficient (Wildman–Crippen LogP) is 0.503. The maximum atomic E-state index is 11.9. The highest BCUT2D eigenvalue weighted by Crippen LogP contribution is 2.13. The van der Waals surface area contributed by atoms with Crippen molar-refractivity contribution >= 4 is 10.2 Å². The van der Waals surface area contributed by atoms with E-state index in [1.165, 1.54) is 4.72 Å². The number of hydrogen-bond donors (Lipinski definition) is 3. The fourth-order valence-corrected chi connectivity index (χ4v) is 2.94. The molecule has 1 fully saturated rings. The Morgan fingerprint density at radius 3 is 2.56 bits per heavy atom. The standard InChI is InChI=1S/C9H18F3N3O2S/c1-7(8-4-2-3-5-13-8)15-18(16,17)14-6-9(10,11)12/h7-8,13-15H,2-6H2,1H3. The number of rotatable bonds is 5. The average Bonchev–Trinajstić information content (AvgIpc) is 2.26. The summed E-state index contributed by atoms with van der Waals surface area (Å²) in [4.78, 5) is 0. The molecule has 1 aliphatic heterocycles. The van der Waals surface area contributed by atoms with Crippen molar-refractivity contribution in [1.29, 1.82) is 0 Å². The number of piperidine rings is 1. The average molecular weight is 289 g/mol. The van der Waals surface area contributed by atoms with Gasteiger partial charge in [0.15, 0.2) is 0 Å². The maximum absolute atomic E-state index is 11.9. The molecular weight excluding hydrogens is 271 g/mol. The molecule has 0 aliphatic carbocycles. The van der Waals surface area contributed by atoms with Crippen LogP contribution < -0.4 is 14.8 Å². The van der Waals surface area contributed by atoms with E-state index in [0.717, 1.165) is 25.8 Å². The van der Waals surface area contributed by atoms with Crippen LogP contribution in [0.4, 0.5) is 13.2 Å². The molecule has 1 aliphatic rings. The molecule has 2 unspecified atom stereocenters. The minimum atomic E-state index is -4.55. The highest BCUT2D eigenvalue weighted by Gasteiger charge is 2.30. The van der Waals surface area contributed by atoms with Gasteiger partial charge in [0.1, 0.15) is 6.54 Å². The first-order valence-electron chi connectivity index (χ1n) is 5.77. The summed E-state index contributed by atoms with van der Waals surface area (Å²) >= 11 is 0. The Balaban J connectivity index is 2.43. The van der Waals surface area contributed by atoms with Crippen LogP contribution in [-0.4, -0.2) is 39.8 Å². The van der Waals surface area contributed by atoms with Gasteiger partial charge in [0.25, 0.3) is 10.2 Å². The van der Waals surface area contributed by atoms with E-state index in [0.29, 0.717) is 0 Å². The Morgan fingerprint density at radius 1 is 1.39 bits per heavy atom. The van der Waals surface area contributed by atoms with Crippen LogP contribution in [0.25, 0.3) is 0 Å². The van der Waals surface area contributed by atoms with Crippen LogP contribution in [-0.2, 0) is 10.2 Å². The van der Waals surface area contributed by atoms with Gasteiger partial charge in [-0.3, -0.25) is 0 Å². The molecule has 1 rings (SSSR count).